The van der Waals surface area contributed by atoms with Crippen molar-refractivity contribution in [2.24, 2.45) is 0 Å². The number of pyridine rings is 1. The number of thiophene rings is 1. The molecule has 0 saturated carbocycles. The molecular weight excluding hydrogens is 274 g/mol. The zero-order valence-corrected chi connectivity index (χ0v) is 10.5. The van der Waals surface area contributed by atoms with Gasteiger partial charge < -0.3 is 4.98 Å². The molecule has 0 bridgehead atoms. The number of H-pyrrole nitrogens is 1. The summed E-state index contributed by atoms with van der Waals surface area (Å²) in [5, 5.41) is 0.864. The summed E-state index contributed by atoms with van der Waals surface area (Å²) in [6, 6.07) is 2.08. The van der Waals surface area contributed by atoms with Gasteiger partial charge >= 0.3 is 0 Å². The molecular formula is C11H10BrNOS. The molecule has 0 spiro atoms. The second kappa shape index (κ2) is 3.46. The van der Waals surface area contributed by atoms with Crippen LogP contribution in [0.15, 0.2) is 10.9 Å². The Labute approximate surface area is 99.5 Å². The number of hydrogen-bond acceptors (Lipinski definition) is 2. The summed E-state index contributed by atoms with van der Waals surface area (Å²) < 4.78 is 1.29. The van der Waals surface area contributed by atoms with Crippen molar-refractivity contribution in [2.75, 3.05) is 0 Å². The predicted molar refractivity (Wildman–Crippen MR) is 67.1 cm³/mol. The maximum absolute atomic E-state index is 11.8. The van der Waals surface area contributed by atoms with Crippen LogP contribution in [0.5, 0.6) is 0 Å². The van der Waals surface area contributed by atoms with Gasteiger partial charge in [-0.05, 0) is 30.9 Å². The van der Waals surface area contributed by atoms with Crippen LogP contribution in [0.2, 0.25) is 0 Å². The number of alkyl halides is 1. The first-order valence-electron chi connectivity index (χ1n) is 5.02. The first-order valence-corrected chi connectivity index (χ1v) is 6.96. The summed E-state index contributed by atoms with van der Waals surface area (Å²) in [5.41, 5.74) is 3.45. The fourth-order valence-electron chi connectivity index (χ4n) is 2.27. The number of aromatic amines is 1. The molecule has 0 amide bonds. The highest BCUT2D eigenvalue weighted by molar-refractivity contribution is 9.08. The smallest absolute Gasteiger partial charge is 0.251 e. The van der Waals surface area contributed by atoms with Crippen molar-refractivity contribution in [3.63, 3.8) is 0 Å². The van der Waals surface area contributed by atoms with Crippen LogP contribution in [0, 0.1) is 0 Å². The summed E-state index contributed by atoms with van der Waals surface area (Å²) in [6.45, 7) is 0. The van der Waals surface area contributed by atoms with Crippen molar-refractivity contribution in [1.82, 2.24) is 4.98 Å². The molecule has 15 heavy (non-hydrogen) atoms. The average Bonchev–Trinajstić information content (AvgIpc) is 2.80. The number of halogens is 1. The Bertz CT molecular complexity index is 584. The van der Waals surface area contributed by atoms with Crippen molar-refractivity contribution in [1.29, 1.82) is 0 Å². The minimum Gasteiger partial charge on any atom is -0.321 e. The van der Waals surface area contributed by atoms with Crippen molar-refractivity contribution in [2.45, 2.75) is 24.6 Å². The van der Waals surface area contributed by atoms with E-state index in [0.29, 0.717) is 0 Å². The fraction of sp³-hybridized carbons (Fsp3) is 0.364. The van der Waals surface area contributed by atoms with E-state index in [1.165, 1.54) is 15.1 Å². The van der Waals surface area contributed by atoms with Gasteiger partial charge in [0.1, 0.15) is 0 Å². The van der Waals surface area contributed by atoms with Crippen LogP contribution in [-0.2, 0) is 18.2 Å². The summed E-state index contributed by atoms with van der Waals surface area (Å²) in [5.74, 6) is 0. The standard InChI is InChI=1S/C11H10BrNOS/c12-5-6-4-9-10(15-6)7-2-1-3-8(7)11(14)13-9/h4H,1-3,5H2,(H,13,14). The Hall–Kier alpha value is -0.610. The van der Waals surface area contributed by atoms with Gasteiger partial charge in [-0.2, -0.15) is 0 Å². The predicted octanol–water partition coefficient (Wildman–Crippen LogP) is 2.97. The van der Waals surface area contributed by atoms with Crippen LogP contribution in [0.3, 0.4) is 0 Å². The Morgan fingerprint density at radius 1 is 1.40 bits per heavy atom. The third-order valence-electron chi connectivity index (χ3n) is 2.93. The summed E-state index contributed by atoms with van der Waals surface area (Å²) in [6.07, 6.45) is 3.14. The van der Waals surface area contributed by atoms with Crippen LogP contribution >= 0.6 is 27.3 Å². The number of aryl methyl sites for hydroxylation is 1. The monoisotopic (exact) mass is 283 g/mol. The minimum absolute atomic E-state index is 0.119. The van der Waals surface area contributed by atoms with E-state index in [9.17, 15) is 4.79 Å². The van der Waals surface area contributed by atoms with E-state index in [1.807, 2.05) is 0 Å². The molecule has 0 aromatic carbocycles. The summed E-state index contributed by atoms with van der Waals surface area (Å²) in [4.78, 5) is 16.0. The van der Waals surface area contributed by atoms with Crippen LogP contribution in [0.4, 0.5) is 0 Å². The lowest BCUT2D eigenvalue weighted by atomic mass is 10.1. The largest absolute Gasteiger partial charge is 0.321 e. The van der Waals surface area contributed by atoms with Gasteiger partial charge in [0.05, 0.1) is 10.2 Å². The molecule has 2 nitrogen and oxygen atoms in total. The van der Waals surface area contributed by atoms with Gasteiger partial charge in [-0.3, -0.25) is 4.79 Å². The van der Waals surface area contributed by atoms with Gasteiger partial charge in [-0.15, -0.1) is 11.3 Å². The average molecular weight is 284 g/mol. The Morgan fingerprint density at radius 2 is 2.20 bits per heavy atom. The highest BCUT2D eigenvalue weighted by Gasteiger charge is 2.19. The second-order valence-electron chi connectivity index (χ2n) is 3.85. The fourth-order valence-corrected chi connectivity index (χ4v) is 3.83. The van der Waals surface area contributed by atoms with Crippen molar-refractivity contribution in [3.05, 3.63) is 32.4 Å². The van der Waals surface area contributed by atoms with Crippen LogP contribution < -0.4 is 5.56 Å². The topological polar surface area (TPSA) is 32.9 Å². The first kappa shape index (κ1) is 9.60. The van der Waals surface area contributed by atoms with E-state index >= 15 is 0 Å². The maximum Gasteiger partial charge on any atom is 0.251 e. The van der Waals surface area contributed by atoms with Gasteiger partial charge in [-0.1, -0.05) is 15.9 Å². The quantitative estimate of drug-likeness (QED) is 0.802. The molecule has 0 aliphatic heterocycles. The number of aromatic nitrogens is 1. The lowest BCUT2D eigenvalue weighted by Gasteiger charge is -1.98. The van der Waals surface area contributed by atoms with E-state index in [1.54, 1.807) is 11.3 Å². The van der Waals surface area contributed by atoms with E-state index in [0.717, 1.165) is 35.7 Å². The second-order valence-corrected chi connectivity index (χ2v) is 5.55. The van der Waals surface area contributed by atoms with Crippen molar-refractivity contribution >= 4 is 37.5 Å². The molecule has 2 aromatic heterocycles. The van der Waals surface area contributed by atoms with Gasteiger partial charge in [0, 0.05) is 15.8 Å². The Morgan fingerprint density at radius 3 is 3.00 bits per heavy atom. The number of rotatable bonds is 1. The number of hydrogen-bond donors (Lipinski definition) is 1. The molecule has 2 aromatic rings. The van der Waals surface area contributed by atoms with Crippen LogP contribution in [0.1, 0.15) is 22.4 Å². The molecule has 0 unspecified atom stereocenters. The molecule has 1 N–H and O–H groups in total. The van der Waals surface area contributed by atoms with E-state index < -0.39 is 0 Å². The molecule has 2 heterocycles. The van der Waals surface area contributed by atoms with E-state index in [4.69, 9.17) is 0 Å². The molecule has 0 saturated heterocycles. The summed E-state index contributed by atoms with van der Waals surface area (Å²) in [7, 11) is 0. The van der Waals surface area contributed by atoms with Crippen LogP contribution in [0.25, 0.3) is 10.2 Å². The lowest BCUT2D eigenvalue weighted by Crippen LogP contribution is -2.11. The number of nitrogens with one attached hydrogen (secondary N) is 1. The third-order valence-corrected chi connectivity index (χ3v) is 5.10. The lowest BCUT2D eigenvalue weighted by molar-refractivity contribution is 0.909. The molecule has 78 valence electrons. The minimum atomic E-state index is 0.119. The highest BCUT2D eigenvalue weighted by Crippen LogP contribution is 2.32. The van der Waals surface area contributed by atoms with Gasteiger partial charge in [-0.25, -0.2) is 0 Å². The summed E-state index contributed by atoms with van der Waals surface area (Å²) >= 11 is 5.25. The van der Waals surface area contributed by atoms with Gasteiger partial charge in [0.15, 0.2) is 0 Å². The molecule has 3 rings (SSSR count). The molecule has 0 radical (unpaired) electrons. The molecule has 1 aliphatic carbocycles. The zero-order chi connectivity index (χ0) is 10.4. The molecule has 0 atom stereocenters. The Kier molecular flexibility index (Phi) is 2.21. The highest BCUT2D eigenvalue weighted by atomic mass is 79.9. The van der Waals surface area contributed by atoms with Crippen molar-refractivity contribution in [3.8, 4) is 0 Å². The van der Waals surface area contributed by atoms with Gasteiger partial charge in [0.25, 0.3) is 5.56 Å². The maximum atomic E-state index is 11.8. The zero-order valence-electron chi connectivity index (χ0n) is 8.10. The first-order chi connectivity index (χ1) is 7.29. The van der Waals surface area contributed by atoms with E-state index in [-0.39, 0.29) is 5.56 Å². The number of fused-ring (bicyclic) bond motifs is 3. The SMILES string of the molecule is O=c1[nH]c2cc(CBr)sc2c2c1CCC2. The molecule has 4 heteroatoms. The van der Waals surface area contributed by atoms with Crippen LogP contribution in [-0.4, -0.2) is 4.98 Å². The van der Waals surface area contributed by atoms with Crippen molar-refractivity contribution < 1.29 is 0 Å². The Balaban J connectivity index is 2.40. The molecule has 1 aliphatic rings. The third kappa shape index (κ3) is 1.39. The van der Waals surface area contributed by atoms with Gasteiger partial charge in [0.2, 0.25) is 0 Å². The van der Waals surface area contributed by atoms with E-state index in [2.05, 4.69) is 27.0 Å². The molecule has 0 fully saturated rings. The normalized spacial score (nSPS) is 14.7.